The minimum atomic E-state index is -0.188. The van der Waals surface area contributed by atoms with E-state index in [2.05, 4.69) is 52.4 Å². The maximum atomic E-state index is 11.9. The van der Waals surface area contributed by atoms with Gasteiger partial charge in [-0.25, -0.2) is 0 Å². The minimum absolute atomic E-state index is 0.146. The number of hydrogen-bond acceptors (Lipinski definition) is 6. The van der Waals surface area contributed by atoms with Crippen LogP contribution in [0.25, 0.3) is 44.7 Å². The molecule has 0 aliphatic rings. The van der Waals surface area contributed by atoms with E-state index >= 15 is 0 Å². The highest BCUT2D eigenvalue weighted by atomic mass is 16.5. The zero-order valence-electron chi connectivity index (χ0n) is 22.5. The zero-order valence-corrected chi connectivity index (χ0v) is 22.5. The first-order valence-electron chi connectivity index (χ1n) is 13.3. The molecule has 0 aliphatic carbocycles. The second-order valence-electron chi connectivity index (χ2n) is 9.57. The van der Waals surface area contributed by atoms with Crippen LogP contribution in [0.15, 0.2) is 85.2 Å². The van der Waals surface area contributed by atoms with Gasteiger partial charge in [-0.1, -0.05) is 42.5 Å². The Morgan fingerprint density at radius 1 is 0.821 bits per heavy atom. The van der Waals surface area contributed by atoms with Gasteiger partial charge in [0.05, 0.1) is 35.1 Å². The summed E-state index contributed by atoms with van der Waals surface area (Å²) in [6.07, 6.45) is 4.52. The van der Waals surface area contributed by atoms with E-state index in [-0.39, 0.29) is 12.1 Å². The maximum absolute atomic E-state index is 11.9. The molecule has 3 aromatic carbocycles. The molecule has 0 radical (unpaired) electrons. The molecule has 0 saturated heterocycles. The molecule has 0 fully saturated rings. The van der Waals surface area contributed by atoms with Gasteiger partial charge in [-0.05, 0) is 68.7 Å². The van der Waals surface area contributed by atoms with Crippen LogP contribution < -0.4 is 4.74 Å². The average molecular weight is 521 g/mol. The number of aryl methyl sites for hydroxylation is 1. The number of benzene rings is 3. The van der Waals surface area contributed by atoms with E-state index in [4.69, 9.17) is 14.6 Å². The number of ether oxygens (including phenoxy) is 2. The Kier molecular flexibility index (Phi) is 7.96. The van der Waals surface area contributed by atoms with Crippen molar-refractivity contribution in [3.63, 3.8) is 0 Å². The molecule has 5 rings (SSSR count). The molecule has 198 valence electrons. The molecule has 2 aromatic heterocycles. The van der Waals surface area contributed by atoms with Gasteiger partial charge >= 0.3 is 5.97 Å². The monoisotopic (exact) mass is 520 g/mol. The van der Waals surface area contributed by atoms with Crippen molar-refractivity contribution in [3.05, 3.63) is 85.2 Å². The van der Waals surface area contributed by atoms with Gasteiger partial charge < -0.3 is 9.47 Å². The van der Waals surface area contributed by atoms with Gasteiger partial charge in [0, 0.05) is 36.5 Å². The van der Waals surface area contributed by atoms with Gasteiger partial charge in [0.25, 0.3) is 0 Å². The third-order valence-electron chi connectivity index (χ3n) is 6.34. The number of esters is 1. The van der Waals surface area contributed by atoms with E-state index in [0.29, 0.717) is 26.0 Å². The number of hydrogen-bond donors (Lipinski definition) is 0. The summed E-state index contributed by atoms with van der Waals surface area (Å²) < 4.78 is 12.8. The SMILES string of the molecule is CCOC(=O)CCCn1nc(-c2ccc(-c3ccc(OC(C)C)cc3)cc2)cc1-c1ccc2nccnc2c1. The molecule has 7 nitrogen and oxygen atoms in total. The Balaban J connectivity index is 1.42. The molecular formula is C32H32N4O3. The van der Waals surface area contributed by atoms with E-state index in [9.17, 15) is 4.79 Å². The van der Waals surface area contributed by atoms with E-state index in [0.717, 1.165) is 50.4 Å². The standard InChI is InChI=1S/C32H32N4O3/c1-4-38-32(37)6-5-19-36-31(26-13-16-28-30(20-26)34-18-17-33-28)21-29(35-36)25-9-7-23(8-10-25)24-11-14-27(15-12-24)39-22(2)3/h7-18,20-22H,4-6,19H2,1-3H3. The Bertz CT molecular complexity index is 1560. The number of fused-ring (bicyclic) bond motifs is 1. The van der Waals surface area contributed by atoms with Crippen LogP contribution in [0.5, 0.6) is 5.75 Å². The van der Waals surface area contributed by atoms with Crippen molar-refractivity contribution in [1.82, 2.24) is 19.7 Å². The fourth-order valence-electron chi connectivity index (χ4n) is 4.52. The summed E-state index contributed by atoms with van der Waals surface area (Å²) in [5.74, 6) is 0.679. The van der Waals surface area contributed by atoms with Crippen LogP contribution in [0, 0.1) is 0 Å². The van der Waals surface area contributed by atoms with Crippen molar-refractivity contribution in [2.75, 3.05) is 6.61 Å². The molecule has 0 N–H and O–H groups in total. The van der Waals surface area contributed by atoms with E-state index in [1.165, 1.54) is 0 Å². The molecule has 0 saturated carbocycles. The molecular weight excluding hydrogens is 488 g/mol. The van der Waals surface area contributed by atoms with Gasteiger partial charge in [0.15, 0.2) is 0 Å². The van der Waals surface area contributed by atoms with Crippen molar-refractivity contribution in [2.45, 2.75) is 46.3 Å². The van der Waals surface area contributed by atoms with Gasteiger partial charge in [0.1, 0.15) is 5.75 Å². The van der Waals surface area contributed by atoms with E-state index in [1.807, 2.05) is 55.8 Å². The Hall–Kier alpha value is -4.52. The average Bonchev–Trinajstić information content (AvgIpc) is 3.37. The lowest BCUT2D eigenvalue weighted by molar-refractivity contribution is -0.143. The van der Waals surface area contributed by atoms with Crippen molar-refractivity contribution < 1.29 is 14.3 Å². The predicted molar refractivity (Wildman–Crippen MR) is 153 cm³/mol. The Morgan fingerprint density at radius 2 is 1.46 bits per heavy atom. The Morgan fingerprint density at radius 3 is 2.15 bits per heavy atom. The highest BCUT2D eigenvalue weighted by molar-refractivity contribution is 5.81. The molecule has 0 aliphatic heterocycles. The van der Waals surface area contributed by atoms with Gasteiger partial charge in [0.2, 0.25) is 0 Å². The number of rotatable bonds is 10. The van der Waals surface area contributed by atoms with Crippen LogP contribution in [-0.2, 0) is 16.1 Å². The van der Waals surface area contributed by atoms with Gasteiger partial charge in [-0.2, -0.15) is 5.10 Å². The first kappa shape index (κ1) is 26.1. The summed E-state index contributed by atoms with van der Waals surface area (Å²) in [6, 6.07) is 24.7. The number of nitrogens with zero attached hydrogens (tertiary/aromatic N) is 4. The first-order valence-corrected chi connectivity index (χ1v) is 13.3. The summed E-state index contributed by atoms with van der Waals surface area (Å²) in [5, 5.41) is 4.93. The summed E-state index contributed by atoms with van der Waals surface area (Å²) in [5.41, 5.74) is 7.76. The number of aromatic nitrogens is 4. The van der Waals surface area contributed by atoms with E-state index < -0.39 is 0 Å². The third kappa shape index (κ3) is 6.32. The molecule has 5 aromatic rings. The fourth-order valence-corrected chi connectivity index (χ4v) is 4.52. The fraction of sp³-hybridized carbons (Fsp3) is 0.250. The first-order chi connectivity index (χ1) is 19.0. The molecule has 0 spiro atoms. The van der Waals surface area contributed by atoms with E-state index in [1.54, 1.807) is 12.4 Å². The van der Waals surface area contributed by atoms with Crippen LogP contribution in [0.1, 0.15) is 33.6 Å². The predicted octanol–water partition coefficient (Wildman–Crippen LogP) is 6.96. The molecule has 0 atom stereocenters. The summed E-state index contributed by atoms with van der Waals surface area (Å²) >= 11 is 0. The summed E-state index contributed by atoms with van der Waals surface area (Å²) in [4.78, 5) is 20.8. The highest BCUT2D eigenvalue weighted by Crippen LogP contribution is 2.30. The van der Waals surface area contributed by atoms with Crippen LogP contribution in [0.2, 0.25) is 0 Å². The third-order valence-corrected chi connectivity index (χ3v) is 6.34. The topological polar surface area (TPSA) is 79.1 Å². The Labute approximate surface area is 228 Å². The molecule has 7 heteroatoms. The second-order valence-corrected chi connectivity index (χ2v) is 9.57. The smallest absolute Gasteiger partial charge is 0.305 e. The lowest BCUT2D eigenvalue weighted by Gasteiger charge is -2.10. The highest BCUT2D eigenvalue weighted by Gasteiger charge is 2.14. The normalized spacial score (nSPS) is 11.2. The van der Waals surface area contributed by atoms with Crippen LogP contribution in [-0.4, -0.2) is 38.4 Å². The van der Waals surface area contributed by atoms with Crippen molar-refractivity contribution in [3.8, 4) is 39.4 Å². The quantitative estimate of drug-likeness (QED) is 0.185. The van der Waals surface area contributed by atoms with Crippen LogP contribution in [0.3, 0.4) is 0 Å². The summed E-state index contributed by atoms with van der Waals surface area (Å²) in [7, 11) is 0. The lowest BCUT2D eigenvalue weighted by atomic mass is 10.0. The molecule has 39 heavy (non-hydrogen) atoms. The van der Waals surface area contributed by atoms with Crippen molar-refractivity contribution in [1.29, 1.82) is 0 Å². The zero-order chi connectivity index (χ0) is 27.2. The summed E-state index contributed by atoms with van der Waals surface area (Å²) in [6.45, 7) is 6.84. The molecule has 2 heterocycles. The largest absolute Gasteiger partial charge is 0.491 e. The number of carbonyl (C=O) groups is 1. The molecule has 0 unspecified atom stereocenters. The minimum Gasteiger partial charge on any atom is -0.491 e. The van der Waals surface area contributed by atoms with Crippen molar-refractivity contribution >= 4 is 17.0 Å². The van der Waals surface area contributed by atoms with Crippen molar-refractivity contribution in [2.24, 2.45) is 0 Å². The number of carbonyl (C=O) groups excluding carboxylic acids is 1. The molecule has 0 amide bonds. The maximum Gasteiger partial charge on any atom is 0.305 e. The van der Waals surface area contributed by atoms with Gasteiger partial charge in [-0.15, -0.1) is 0 Å². The molecule has 0 bridgehead atoms. The second kappa shape index (κ2) is 11.9. The lowest BCUT2D eigenvalue weighted by Crippen LogP contribution is -2.08. The van der Waals surface area contributed by atoms with Crippen LogP contribution >= 0.6 is 0 Å². The van der Waals surface area contributed by atoms with Crippen LogP contribution in [0.4, 0.5) is 0 Å². The van der Waals surface area contributed by atoms with Gasteiger partial charge in [-0.3, -0.25) is 19.4 Å².